The molecular weight excluding hydrogens is 220 g/mol. The maximum Gasteiger partial charge on any atom is 0.162 e. The maximum atomic E-state index is 5.39. The maximum absolute atomic E-state index is 5.39. The Kier molecular flexibility index (Phi) is 2.53. The highest BCUT2D eigenvalue weighted by atomic mass is 32.1. The van der Waals surface area contributed by atoms with Gasteiger partial charge in [-0.15, -0.1) is 11.3 Å². The third kappa shape index (κ3) is 1.58. The average Bonchev–Trinajstić information content (AvgIpc) is 2.96. The van der Waals surface area contributed by atoms with Crippen LogP contribution >= 0.6 is 11.3 Å². The third-order valence-corrected chi connectivity index (χ3v) is 4.18. The van der Waals surface area contributed by atoms with Gasteiger partial charge in [0.05, 0.1) is 18.0 Å². The van der Waals surface area contributed by atoms with Gasteiger partial charge in [-0.1, -0.05) is 0 Å². The summed E-state index contributed by atoms with van der Waals surface area (Å²) in [5.74, 6) is 0.884. The summed E-state index contributed by atoms with van der Waals surface area (Å²) in [6.45, 7) is 0. The first-order valence-electron chi connectivity index (χ1n) is 5.59. The van der Waals surface area contributed by atoms with Crippen LogP contribution in [0.3, 0.4) is 0 Å². The molecule has 0 aliphatic heterocycles. The van der Waals surface area contributed by atoms with E-state index in [-0.39, 0.29) is 0 Å². The second kappa shape index (κ2) is 4.03. The van der Waals surface area contributed by atoms with Crippen LogP contribution in [-0.4, -0.2) is 12.0 Å². The minimum absolute atomic E-state index is 0.420. The van der Waals surface area contributed by atoms with Gasteiger partial charge in [0, 0.05) is 4.88 Å². The third-order valence-electron chi connectivity index (χ3n) is 3.03. The highest BCUT2D eigenvalue weighted by Gasteiger charge is 2.24. The molecule has 1 unspecified atom stereocenters. The van der Waals surface area contributed by atoms with Crippen molar-refractivity contribution in [2.24, 2.45) is 0 Å². The second-order valence-electron chi connectivity index (χ2n) is 4.04. The normalized spacial score (nSPS) is 19.7. The lowest BCUT2D eigenvalue weighted by atomic mass is 9.98. The van der Waals surface area contributed by atoms with Gasteiger partial charge in [-0.25, -0.2) is 4.98 Å². The number of hydrogen-bond donors (Lipinski definition) is 1. The fourth-order valence-electron chi connectivity index (χ4n) is 2.21. The Bertz CT molecular complexity index is 475. The SMILES string of the molecule is CNC1CCCc2sc(-c3ccco3)nc21. The molecule has 0 spiro atoms. The van der Waals surface area contributed by atoms with Gasteiger partial charge in [0.15, 0.2) is 10.8 Å². The summed E-state index contributed by atoms with van der Waals surface area (Å²) in [5, 5.41) is 4.34. The summed E-state index contributed by atoms with van der Waals surface area (Å²) in [5.41, 5.74) is 1.23. The average molecular weight is 234 g/mol. The van der Waals surface area contributed by atoms with Crippen LogP contribution in [0.25, 0.3) is 10.8 Å². The van der Waals surface area contributed by atoms with Gasteiger partial charge in [0.1, 0.15) is 0 Å². The smallest absolute Gasteiger partial charge is 0.162 e. The number of aryl methyl sites for hydroxylation is 1. The predicted molar refractivity (Wildman–Crippen MR) is 64.6 cm³/mol. The van der Waals surface area contributed by atoms with E-state index in [1.165, 1.54) is 23.4 Å². The van der Waals surface area contributed by atoms with Gasteiger partial charge in [-0.3, -0.25) is 0 Å². The van der Waals surface area contributed by atoms with Gasteiger partial charge >= 0.3 is 0 Å². The molecule has 16 heavy (non-hydrogen) atoms. The molecule has 0 radical (unpaired) electrons. The Morgan fingerprint density at radius 3 is 3.25 bits per heavy atom. The van der Waals surface area contributed by atoms with Crippen molar-refractivity contribution < 1.29 is 4.42 Å². The van der Waals surface area contributed by atoms with Crippen LogP contribution in [0.4, 0.5) is 0 Å². The molecule has 3 rings (SSSR count). The number of fused-ring (bicyclic) bond motifs is 1. The van der Waals surface area contributed by atoms with Crippen LogP contribution in [0.5, 0.6) is 0 Å². The van der Waals surface area contributed by atoms with E-state index in [0.717, 1.165) is 17.2 Å². The van der Waals surface area contributed by atoms with Gasteiger partial charge in [-0.05, 0) is 38.4 Å². The van der Waals surface area contributed by atoms with E-state index in [1.807, 2.05) is 19.2 Å². The molecule has 2 aromatic rings. The first kappa shape index (κ1) is 10.1. The zero-order chi connectivity index (χ0) is 11.0. The minimum Gasteiger partial charge on any atom is -0.462 e. The number of aromatic nitrogens is 1. The Morgan fingerprint density at radius 1 is 1.56 bits per heavy atom. The molecule has 1 aliphatic rings. The van der Waals surface area contributed by atoms with Crippen molar-refractivity contribution in [2.45, 2.75) is 25.3 Å². The van der Waals surface area contributed by atoms with E-state index in [4.69, 9.17) is 9.40 Å². The summed E-state index contributed by atoms with van der Waals surface area (Å²) in [7, 11) is 2.01. The minimum atomic E-state index is 0.420. The van der Waals surface area contributed by atoms with Crippen LogP contribution in [0.2, 0.25) is 0 Å². The Balaban J connectivity index is 2.02. The van der Waals surface area contributed by atoms with Crippen LogP contribution < -0.4 is 5.32 Å². The molecule has 0 bridgehead atoms. The van der Waals surface area contributed by atoms with Gasteiger partial charge in [-0.2, -0.15) is 0 Å². The van der Waals surface area contributed by atoms with Crippen LogP contribution in [0, 0.1) is 0 Å². The molecule has 0 fully saturated rings. The van der Waals surface area contributed by atoms with Crippen molar-refractivity contribution in [3.05, 3.63) is 29.0 Å². The molecule has 3 nitrogen and oxygen atoms in total. The van der Waals surface area contributed by atoms with Crippen molar-refractivity contribution >= 4 is 11.3 Å². The first-order valence-corrected chi connectivity index (χ1v) is 6.41. The molecule has 0 amide bonds. The van der Waals surface area contributed by atoms with Crippen LogP contribution in [0.15, 0.2) is 22.8 Å². The van der Waals surface area contributed by atoms with Gasteiger partial charge in [0.25, 0.3) is 0 Å². The lowest BCUT2D eigenvalue weighted by Gasteiger charge is -2.19. The van der Waals surface area contributed by atoms with E-state index in [2.05, 4.69) is 5.32 Å². The molecule has 1 aliphatic carbocycles. The Morgan fingerprint density at radius 2 is 2.50 bits per heavy atom. The van der Waals surface area contributed by atoms with E-state index >= 15 is 0 Å². The van der Waals surface area contributed by atoms with E-state index in [9.17, 15) is 0 Å². The van der Waals surface area contributed by atoms with E-state index < -0.39 is 0 Å². The van der Waals surface area contributed by atoms with Crippen molar-refractivity contribution in [1.29, 1.82) is 0 Å². The molecule has 84 valence electrons. The van der Waals surface area contributed by atoms with Crippen molar-refractivity contribution in [1.82, 2.24) is 10.3 Å². The van der Waals surface area contributed by atoms with Gasteiger partial charge < -0.3 is 9.73 Å². The quantitative estimate of drug-likeness (QED) is 0.868. The van der Waals surface area contributed by atoms with Gasteiger partial charge in [0.2, 0.25) is 0 Å². The zero-order valence-electron chi connectivity index (χ0n) is 9.19. The number of nitrogens with one attached hydrogen (secondary N) is 1. The van der Waals surface area contributed by atoms with Crippen LogP contribution in [-0.2, 0) is 6.42 Å². The molecule has 0 saturated carbocycles. The Hall–Kier alpha value is -1.13. The van der Waals surface area contributed by atoms with Crippen molar-refractivity contribution in [2.75, 3.05) is 7.05 Å². The molecule has 4 heteroatoms. The standard InChI is InChI=1S/C12H14N2OS/c1-13-8-4-2-6-10-11(8)14-12(16-10)9-5-3-7-15-9/h3,5,7-8,13H,2,4,6H2,1H3. The molecule has 2 heterocycles. The second-order valence-corrected chi connectivity index (χ2v) is 5.12. The summed E-state index contributed by atoms with van der Waals surface area (Å²) in [4.78, 5) is 6.12. The lowest BCUT2D eigenvalue weighted by Crippen LogP contribution is -2.21. The highest BCUT2D eigenvalue weighted by molar-refractivity contribution is 7.15. The Labute approximate surface area is 98.5 Å². The molecule has 0 aromatic carbocycles. The fourth-order valence-corrected chi connectivity index (χ4v) is 3.34. The summed E-state index contributed by atoms with van der Waals surface area (Å²) >= 11 is 1.77. The summed E-state index contributed by atoms with van der Waals surface area (Å²) in [6.07, 6.45) is 5.29. The number of rotatable bonds is 2. The largest absolute Gasteiger partial charge is 0.462 e. The summed E-state index contributed by atoms with van der Waals surface area (Å²) < 4.78 is 5.39. The zero-order valence-corrected chi connectivity index (χ0v) is 10.0. The monoisotopic (exact) mass is 234 g/mol. The number of furan rings is 1. The van der Waals surface area contributed by atoms with Crippen LogP contribution in [0.1, 0.15) is 29.5 Å². The highest BCUT2D eigenvalue weighted by Crippen LogP contribution is 2.36. The molecular formula is C12H14N2OS. The molecule has 0 saturated heterocycles. The van der Waals surface area contributed by atoms with Crippen molar-refractivity contribution in [3.63, 3.8) is 0 Å². The topological polar surface area (TPSA) is 38.1 Å². The van der Waals surface area contributed by atoms with E-state index in [1.54, 1.807) is 17.6 Å². The van der Waals surface area contributed by atoms with E-state index in [0.29, 0.717) is 6.04 Å². The number of hydrogen-bond acceptors (Lipinski definition) is 4. The summed E-state index contributed by atoms with van der Waals surface area (Å²) in [6, 6.07) is 4.30. The fraction of sp³-hybridized carbons (Fsp3) is 0.417. The number of nitrogens with zero attached hydrogens (tertiary/aromatic N) is 1. The lowest BCUT2D eigenvalue weighted by molar-refractivity contribution is 0.489. The number of thiazole rings is 1. The predicted octanol–water partition coefficient (Wildman–Crippen LogP) is 3.00. The molecule has 2 aromatic heterocycles. The first-order chi connectivity index (χ1) is 7.88. The molecule has 1 atom stereocenters. The van der Waals surface area contributed by atoms with Crippen molar-refractivity contribution in [3.8, 4) is 10.8 Å². The molecule has 1 N–H and O–H groups in total.